The van der Waals surface area contributed by atoms with E-state index >= 15 is 0 Å². The van der Waals surface area contributed by atoms with Gasteiger partial charge in [0.2, 0.25) is 5.91 Å². The molecule has 1 amide bonds. The Balaban J connectivity index is 1.92. The number of nitrogens with zero attached hydrogens (tertiary/aromatic N) is 3. The van der Waals surface area contributed by atoms with E-state index in [1.807, 2.05) is 0 Å². The Morgan fingerprint density at radius 3 is 2.83 bits per heavy atom. The molecule has 18 heavy (non-hydrogen) atoms. The first kappa shape index (κ1) is 12.6. The van der Waals surface area contributed by atoms with Crippen LogP contribution in [-0.4, -0.2) is 45.8 Å². The Morgan fingerprint density at radius 1 is 1.50 bits per heavy atom. The molecule has 1 aliphatic rings. The van der Waals surface area contributed by atoms with Crippen LogP contribution in [0.3, 0.4) is 0 Å². The summed E-state index contributed by atoms with van der Waals surface area (Å²) in [4.78, 5) is 25.1. The van der Waals surface area contributed by atoms with E-state index in [4.69, 9.17) is 4.74 Å². The van der Waals surface area contributed by atoms with E-state index < -0.39 is 0 Å². The van der Waals surface area contributed by atoms with E-state index in [2.05, 4.69) is 5.10 Å². The van der Waals surface area contributed by atoms with Crippen LogP contribution in [-0.2, 0) is 20.9 Å². The first-order chi connectivity index (χ1) is 8.70. The Labute approximate surface area is 106 Å². The van der Waals surface area contributed by atoms with Crippen LogP contribution in [0.4, 0.5) is 0 Å². The summed E-state index contributed by atoms with van der Waals surface area (Å²) in [5.74, 6) is -0.438. The minimum atomic E-state index is -0.349. The molecule has 6 heteroatoms. The third-order valence-corrected chi connectivity index (χ3v) is 2.77. The van der Waals surface area contributed by atoms with Crippen molar-refractivity contribution in [3.05, 3.63) is 18.5 Å². The van der Waals surface area contributed by atoms with Gasteiger partial charge in [-0.1, -0.05) is 0 Å². The van der Waals surface area contributed by atoms with Crippen molar-refractivity contribution in [1.29, 1.82) is 0 Å². The van der Waals surface area contributed by atoms with Gasteiger partial charge in [0.05, 0.1) is 6.61 Å². The Kier molecular flexibility index (Phi) is 3.96. The molecule has 6 nitrogen and oxygen atoms in total. The highest BCUT2D eigenvalue weighted by atomic mass is 16.5. The molecule has 0 N–H and O–H groups in total. The minimum Gasteiger partial charge on any atom is -0.465 e. The summed E-state index contributed by atoms with van der Waals surface area (Å²) < 4.78 is 6.44. The van der Waals surface area contributed by atoms with Crippen molar-refractivity contribution >= 4 is 11.9 Å². The van der Waals surface area contributed by atoms with Crippen LogP contribution >= 0.6 is 0 Å². The average Bonchev–Trinajstić information content (AvgIpc) is 3.05. The number of carbonyl (C=O) groups excluding carboxylic acids is 2. The quantitative estimate of drug-likeness (QED) is 0.688. The Bertz CT molecular complexity index is 412. The Morgan fingerprint density at radius 2 is 2.28 bits per heavy atom. The molecule has 1 aromatic rings. The standard InChI is InChI=1S/C12H17N3O3/c1-2-18-12(17)9-15(10-4-5-10)11(16)8-14-7-3-6-13-14/h3,6-7,10H,2,4-5,8-9H2,1H3. The molecule has 2 rings (SSSR count). The normalized spacial score (nSPS) is 14.3. The van der Waals surface area contributed by atoms with Crippen LogP contribution in [0.2, 0.25) is 0 Å². The zero-order valence-electron chi connectivity index (χ0n) is 10.4. The van der Waals surface area contributed by atoms with Crippen molar-refractivity contribution in [2.45, 2.75) is 32.4 Å². The van der Waals surface area contributed by atoms with Crippen LogP contribution in [0.25, 0.3) is 0 Å². The Hall–Kier alpha value is -1.85. The van der Waals surface area contributed by atoms with Crippen LogP contribution in [0.5, 0.6) is 0 Å². The van der Waals surface area contributed by atoms with Gasteiger partial charge >= 0.3 is 5.97 Å². The third kappa shape index (κ3) is 3.32. The molecule has 0 saturated heterocycles. The van der Waals surface area contributed by atoms with Crippen molar-refractivity contribution in [2.24, 2.45) is 0 Å². The van der Waals surface area contributed by atoms with Crippen molar-refractivity contribution in [1.82, 2.24) is 14.7 Å². The minimum absolute atomic E-state index is 0.0403. The van der Waals surface area contributed by atoms with Gasteiger partial charge in [0, 0.05) is 18.4 Å². The van der Waals surface area contributed by atoms with E-state index in [1.54, 1.807) is 35.0 Å². The summed E-state index contributed by atoms with van der Waals surface area (Å²) in [7, 11) is 0. The van der Waals surface area contributed by atoms with E-state index in [0.717, 1.165) is 12.8 Å². The van der Waals surface area contributed by atoms with Gasteiger partial charge in [0.1, 0.15) is 13.1 Å². The lowest BCUT2D eigenvalue weighted by atomic mass is 10.4. The van der Waals surface area contributed by atoms with Crippen molar-refractivity contribution in [2.75, 3.05) is 13.2 Å². The van der Waals surface area contributed by atoms with Gasteiger partial charge < -0.3 is 9.64 Å². The zero-order valence-corrected chi connectivity index (χ0v) is 10.4. The average molecular weight is 251 g/mol. The molecular formula is C12H17N3O3. The van der Waals surface area contributed by atoms with Gasteiger partial charge in [0.25, 0.3) is 0 Å². The van der Waals surface area contributed by atoms with Crippen LogP contribution in [0.15, 0.2) is 18.5 Å². The van der Waals surface area contributed by atoms with E-state index in [0.29, 0.717) is 6.61 Å². The molecule has 1 aliphatic carbocycles. The molecule has 1 aromatic heterocycles. The topological polar surface area (TPSA) is 64.4 Å². The van der Waals surface area contributed by atoms with E-state index in [1.165, 1.54) is 0 Å². The lowest BCUT2D eigenvalue weighted by Crippen LogP contribution is -2.40. The molecule has 1 saturated carbocycles. The van der Waals surface area contributed by atoms with Crippen LogP contribution in [0, 0.1) is 0 Å². The number of aromatic nitrogens is 2. The predicted molar refractivity (Wildman–Crippen MR) is 63.6 cm³/mol. The molecule has 0 aliphatic heterocycles. The molecule has 0 bridgehead atoms. The maximum absolute atomic E-state index is 12.1. The maximum atomic E-state index is 12.1. The SMILES string of the molecule is CCOC(=O)CN(C(=O)Cn1cccn1)C1CC1. The van der Waals surface area contributed by atoms with Gasteiger partial charge in [-0.25, -0.2) is 0 Å². The highest BCUT2D eigenvalue weighted by molar-refractivity contribution is 5.82. The highest BCUT2D eigenvalue weighted by Gasteiger charge is 2.34. The molecular weight excluding hydrogens is 234 g/mol. The number of ether oxygens (including phenoxy) is 1. The predicted octanol–water partition coefficient (Wildman–Crippen LogP) is 0.437. The number of rotatable bonds is 6. The number of amides is 1. The fourth-order valence-corrected chi connectivity index (χ4v) is 1.78. The molecule has 1 heterocycles. The third-order valence-electron chi connectivity index (χ3n) is 2.77. The second kappa shape index (κ2) is 5.66. The highest BCUT2D eigenvalue weighted by Crippen LogP contribution is 2.26. The summed E-state index contributed by atoms with van der Waals surface area (Å²) in [5, 5.41) is 3.99. The molecule has 98 valence electrons. The zero-order chi connectivity index (χ0) is 13.0. The van der Waals surface area contributed by atoms with Crippen LogP contribution < -0.4 is 0 Å². The summed E-state index contributed by atoms with van der Waals surface area (Å²) in [6, 6.07) is 1.96. The fourth-order valence-electron chi connectivity index (χ4n) is 1.78. The maximum Gasteiger partial charge on any atom is 0.325 e. The lowest BCUT2D eigenvalue weighted by molar-refractivity contribution is -0.149. The molecule has 1 fully saturated rings. The van der Waals surface area contributed by atoms with Crippen molar-refractivity contribution < 1.29 is 14.3 Å². The number of esters is 1. The number of hydrogen-bond acceptors (Lipinski definition) is 4. The fraction of sp³-hybridized carbons (Fsp3) is 0.583. The van der Waals surface area contributed by atoms with E-state index in [-0.39, 0.29) is 31.0 Å². The molecule has 0 aromatic carbocycles. The van der Waals surface area contributed by atoms with Gasteiger partial charge in [-0.2, -0.15) is 5.10 Å². The van der Waals surface area contributed by atoms with Gasteiger partial charge in [-0.15, -0.1) is 0 Å². The largest absolute Gasteiger partial charge is 0.465 e. The molecule has 0 spiro atoms. The van der Waals surface area contributed by atoms with E-state index in [9.17, 15) is 9.59 Å². The summed E-state index contributed by atoms with van der Waals surface area (Å²) >= 11 is 0. The van der Waals surface area contributed by atoms with Gasteiger partial charge in [0.15, 0.2) is 0 Å². The summed E-state index contributed by atoms with van der Waals surface area (Å²) in [6.07, 6.45) is 5.28. The number of hydrogen-bond donors (Lipinski definition) is 0. The first-order valence-corrected chi connectivity index (χ1v) is 6.13. The summed E-state index contributed by atoms with van der Waals surface area (Å²) in [5.41, 5.74) is 0. The first-order valence-electron chi connectivity index (χ1n) is 6.13. The number of carbonyl (C=O) groups is 2. The molecule has 0 unspecified atom stereocenters. The summed E-state index contributed by atoms with van der Waals surface area (Å²) in [6.45, 7) is 2.30. The molecule has 0 atom stereocenters. The van der Waals surface area contributed by atoms with Gasteiger partial charge in [-0.05, 0) is 25.8 Å². The molecule has 0 radical (unpaired) electrons. The van der Waals surface area contributed by atoms with Crippen LogP contribution in [0.1, 0.15) is 19.8 Å². The van der Waals surface area contributed by atoms with Crippen molar-refractivity contribution in [3.8, 4) is 0 Å². The van der Waals surface area contributed by atoms with Gasteiger partial charge in [-0.3, -0.25) is 14.3 Å². The smallest absolute Gasteiger partial charge is 0.325 e. The monoisotopic (exact) mass is 251 g/mol. The second-order valence-electron chi connectivity index (χ2n) is 4.26. The lowest BCUT2D eigenvalue weighted by Gasteiger charge is -2.21. The van der Waals surface area contributed by atoms with Crippen molar-refractivity contribution in [3.63, 3.8) is 0 Å². The second-order valence-corrected chi connectivity index (χ2v) is 4.26.